The van der Waals surface area contributed by atoms with Gasteiger partial charge < -0.3 is 13.8 Å². The summed E-state index contributed by atoms with van der Waals surface area (Å²) < 4.78 is 12.7. The maximum Gasteiger partial charge on any atom is 0.241 e. The van der Waals surface area contributed by atoms with Gasteiger partial charge >= 0.3 is 0 Å². The molecule has 0 spiro atoms. The Kier molecular flexibility index (Phi) is 5.93. The Morgan fingerprint density at radius 2 is 1.50 bits per heavy atom. The molecule has 0 unspecified atom stereocenters. The van der Waals surface area contributed by atoms with Crippen LogP contribution in [0.2, 0.25) is 39.3 Å². The molecule has 1 atom stereocenters. The normalized spacial score (nSPS) is 22.7. The van der Waals surface area contributed by atoms with Gasteiger partial charge in [0.1, 0.15) is 11.5 Å². The van der Waals surface area contributed by atoms with Gasteiger partial charge in [-0.3, -0.25) is 0 Å². The predicted molar refractivity (Wildman–Crippen MR) is 91.8 cm³/mol. The molecule has 1 heterocycles. The molecule has 1 rings (SSSR count). The largest absolute Gasteiger partial charge is 0.545 e. The summed E-state index contributed by atoms with van der Waals surface area (Å²) in [6, 6.07) is 0.536. The van der Waals surface area contributed by atoms with E-state index in [4.69, 9.17) is 8.85 Å². The maximum atomic E-state index is 6.37. The maximum absolute atomic E-state index is 6.37. The van der Waals surface area contributed by atoms with Gasteiger partial charge in [-0.05, 0) is 52.8 Å². The highest BCUT2D eigenvalue weighted by atomic mass is 28.4. The van der Waals surface area contributed by atoms with Crippen LogP contribution in [-0.2, 0) is 8.85 Å². The molecule has 1 aliphatic heterocycles. The molecule has 0 saturated heterocycles. The van der Waals surface area contributed by atoms with Crippen LogP contribution >= 0.6 is 0 Å². The van der Waals surface area contributed by atoms with Gasteiger partial charge in [0.2, 0.25) is 16.6 Å². The molecule has 1 aliphatic rings. The van der Waals surface area contributed by atoms with Crippen LogP contribution in [0.4, 0.5) is 0 Å². The minimum Gasteiger partial charge on any atom is -0.545 e. The van der Waals surface area contributed by atoms with Crippen LogP contribution in [0, 0.1) is 0 Å². The van der Waals surface area contributed by atoms with Gasteiger partial charge in [0.05, 0.1) is 0 Å². The molecule has 0 radical (unpaired) electrons. The number of nitrogens with zero attached hydrogens (tertiary/aromatic N) is 1. The lowest BCUT2D eigenvalue weighted by Gasteiger charge is -2.28. The first-order valence-electron chi connectivity index (χ1n) is 7.86. The second kappa shape index (κ2) is 6.66. The molecule has 3 nitrogen and oxygen atoms in total. The Hall–Kier alpha value is -0.266. The molecular weight excluding hydrogens is 282 g/mol. The monoisotopic (exact) mass is 315 g/mol. The van der Waals surface area contributed by atoms with Crippen molar-refractivity contribution >= 4 is 16.6 Å². The standard InChI is InChI=1S/C15H33NO2Si2/c1-9-16-11-10-14(17-19(3,4)5)15(12-13(16)2)18-20(6,7)8/h13H,9-12H2,1-8H3/t13-/m1/s1. The van der Waals surface area contributed by atoms with Gasteiger partial charge in [0, 0.05) is 25.4 Å². The number of hydrogen-bond donors (Lipinski definition) is 0. The van der Waals surface area contributed by atoms with Crippen molar-refractivity contribution in [3.05, 3.63) is 11.5 Å². The summed E-state index contributed by atoms with van der Waals surface area (Å²) in [5.74, 6) is 2.27. The summed E-state index contributed by atoms with van der Waals surface area (Å²) in [7, 11) is -3.17. The van der Waals surface area contributed by atoms with E-state index in [1.807, 2.05) is 0 Å². The SMILES string of the molecule is CCN1CCC(O[Si](C)(C)C)=C(O[Si](C)(C)C)C[C@H]1C. The van der Waals surface area contributed by atoms with Gasteiger partial charge in [-0.15, -0.1) is 0 Å². The van der Waals surface area contributed by atoms with Crippen LogP contribution < -0.4 is 0 Å². The van der Waals surface area contributed by atoms with E-state index in [1.165, 1.54) is 0 Å². The van der Waals surface area contributed by atoms with Crippen LogP contribution in [0.15, 0.2) is 11.5 Å². The molecule has 0 aromatic heterocycles. The minimum atomic E-state index is -1.59. The highest BCUT2D eigenvalue weighted by molar-refractivity contribution is 6.70. The van der Waals surface area contributed by atoms with Gasteiger partial charge in [0.25, 0.3) is 0 Å². The zero-order chi connectivity index (χ0) is 15.6. The van der Waals surface area contributed by atoms with Gasteiger partial charge in [-0.2, -0.15) is 0 Å². The van der Waals surface area contributed by atoms with Crippen molar-refractivity contribution in [2.24, 2.45) is 0 Å². The zero-order valence-electron chi connectivity index (χ0n) is 14.7. The van der Waals surface area contributed by atoms with E-state index in [0.29, 0.717) is 6.04 Å². The Morgan fingerprint density at radius 3 is 1.95 bits per heavy atom. The first-order chi connectivity index (χ1) is 9.02. The van der Waals surface area contributed by atoms with E-state index >= 15 is 0 Å². The smallest absolute Gasteiger partial charge is 0.241 e. The van der Waals surface area contributed by atoms with Crippen LogP contribution in [0.5, 0.6) is 0 Å². The van der Waals surface area contributed by atoms with E-state index in [2.05, 4.69) is 58.0 Å². The van der Waals surface area contributed by atoms with Crippen LogP contribution in [0.25, 0.3) is 0 Å². The average molecular weight is 316 g/mol. The highest BCUT2D eigenvalue weighted by Gasteiger charge is 2.29. The molecule has 118 valence electrons. The third kappa shape index (κ3) is 6.01. The summed E-state index contributed by atoms with van der Waals surface area (Å²) in [5.41, 5.74) is 0. The first-order valence-corrected chi connectivity index (χ1v) is 14.7. The van der Waals surface area contributed by atoms with E-state index in [9.17, 15) is 0 Å². The lowest BCUT2D eigenvalue weighted by atomic mass is 10.2. The molecule has 0 N–H and O–H groups in total. The van der Waals surface area contributed by atoms with E-state index in [1.54, 1.807) is 0 Å². The molecule has 0 bridgehead atoms. The second-order valence-corrected chi connectivity index (χ2v) is 16.6. The van der Waals surface area contributed by atoms with Gasteiger partial charge in [-0.25, -0.2) is 0 Å². The Balaban J connectivity index is 3.00. The van der Waals surface area contributed by atoms with Crippen molar-refractivity contribution < 1.29 is 8.85 Å². The molecule has 0 fully saturated rings. The number of hydrogen-bond acceptors (Lipinski definition) is 3. The van der Waals surface area contributed by atoms with Crippen LogP contribution in [-0.4, -0.2) is 40.7 Å². The molecule has 0 aromatic carbocycles. The van der Waals surface area contributed by atoms with Crippen molar-refractivity contribution in [2.75, 3.05) is 13.1 Å². The van der Waals surface area contributed by atoms with Crippen molar-refractivity contribution in [1.29, 1.82) is 0 Å². The fourth-order valence-electron chi connectivity index (χ4n) is 2.53. The molecule has 0 aromatic rings. The van der Waals surface area contributed by atoms with Crippen molar-refractivity contribution in [2.45, 2.75) is 72.0 Å². The topological polar surface area (TPSA) is 21.7 Å². The third-order valence-electron chi connectivity index (χ3n) is 3.31. The van der Waals surface area contributed by atoms with Crippen molar-refractivity contribution in [3.8, 4) is 0 Å². The van der Waals surface area contributed by atoms with E-state index < -0.39 is 16.6 Å². The lowest BCUT2D eigenvalue weighted by molar-refractivity contribution is 0.216. The summed E-state index contributed by atoms with van der Waals surface area (Å²) >= 11 is 0. The first kappa shape index (κ1) is 17.8. The lowest BCUT2D eigenvalue weighted by Crippen LogP contribution is -2.33. The van der Waals surface area contributed by atoms with Gasteiger partial charge in [0.15, 0.2) is 0 Å². The summed E-state index contributed by atoms with van der Waals surface area (Å²) in [6.45, 7) is 20.2. The fraction of sp³-hybridized carbons (Fsp3) is 0.867. The second-order valence-electron chi connectivity index (χ2n) is 7.71. The molecule has 0 saturated carbocycles. The number of rotatable bonds is 5. The average Bonchev–Trinajstić information content (AvgIpc) is 2.35. The Morgan fingerprint density at radius 1 is 1.00 bits per heavy atom. The molecule has 0 aliphatic carbocycles. The predicted octanol–water partition coefficient (Wildman–Crippen LogP) is 4.41. The van der Waals surface area contributed by atoms with Crippen molar-refractivity contribution in [3.63, 3.8) is 0 Å². The molecule has 0 amide bonds. The molecule has 20 heavy (non-hydrogen) atoms. The van der Waals surface area contributed by atoms with E-state index in [-0.39, 0.29) is 0 Å². The van der Waals surface area contributed by atoms with Crippen molar-refractivity contribution in [1.82, 2.24) is 4.90 Å². The van der Waals surface area contributed by atoms with E-state index in [0.717, 1.165) is 37.4 Å². The highest BCUT2D eigenvalue weighted by Crippen LogP contribution is 2.29. The van der Waals surface area contributed by atoms with Crippen LogP contribution in [0.1, 0.15) is 26.7 Å². The Bertz CT molecular complexity index is 356. The summed E-state index contributed by atoms with van der Waals surface area (Å²) in [5, 5.41) is 0. The van der Waals surface area contributed by atoms with Crippen LogP contribution in [0.3, 0.4) is 0 Å². The fourth-order valence-corrected chi connectivity index (χ4v) is 4.42. The van der Waals surface area contributed by atoms with Gasteiger partial charge in [-0.1, -0.05) is 6.92 Å². The quantitative estimate of drug-likeness (QED) is 0.702. The summed E-state index contributed by atoms with van der Waals surface area (Å²) in [6.07, 6.45) is 1.97. The summed E-state index contributed by atoms with van der Waals surface area (Å²) in [4.78, 5) is 2.52. The zero-order valence-corrected chi connectivity index (χ0v) is 16.7. The molecular formula is C15H33NO2Si2. The third-order valence-corrected chi connectivity index (χ3v) is 5.02. The Labute approximate surface area is 127 Å². The molecule has 5 heteroatoms. The minimum absolute atomic E-state index is 0.536.